The Hall–Kier alpha value is -3.05. The van der Waals surface area contributed by atoms with Crippen LogP contribution in [0.25, 0.3) is 11.3 Å². The van der Waals surface area contributed by atoms with Gasteiger partial charge in [-0.2, -0.15) is 4.31 Å². The van der Waals surface area contributed by atoms with Gasteiger partial charge in [-0.3, -0.25) is 4.79 Å². The number of sulfonamides is 1. The van der Waals surface area contributed by atoms with Crippen LogP contribution < -0.4 is 5.32 Å². The highest BCUT2D eigenvalue weighted by Crippen LogP contribution is 2.29. The van der Waals surface area contributed by atoms with E-state index in [4.69, 9.17) is 16.0 Å². The minimum Gasteiger partial charge on any atom is -0.467 e. The van der Waals surface area contributed by atoms with Crippen molar-refractivity contribution in [2.24, 2.45) is 0 Å². The van der Waals surface area contributed by atoms with E-state index < -0.39 is 10.0 Å². The van der Waals surface area contributed by atoms with Crippen LogP contribution in [0.1, 0.15) is 18.6 Å². The van der Waals surface area contributed by atoms with Gasteiger partial charge in [0.2, 0.25) is 15.9 Å². The summed E-state index contributed by atoms with van der Waals surface area (Å²) in [6, 6.07) is 17.5. The maximum atomic E-state index is 12.7. The van der Waals surface area contributed by atoms with Crippen LogP contribution in [0, 0.1) is 0 Å². The maximum Gasteiger partial charge on any atom is 0.243 e. The molecule has 3 heterocycles. The number of nitrogens with zero attached hydrogens (tertiary/aromatic N) is 3. The molecule has 0 radical (unpaired) electrons. The Morgan fingerprint density at radius 1 is 1.05 bits per heavy atom. The summed E-state index contributed by atoms with van der Waals surface area (Å²) in [5.74, 6) is 0.674. The Labute approximate surface area is 224 Å². The van der Waals surface area contributed by atoms with E-state index in [1.807, 2.05) is 41.0 Å². The van der Waals surface area contributed by atoms with Gasteiger partial charge in [-0.15, -0.1) is 0 Å². The first-order valence-corrected chi connectivity index (χ1v) is 14.6. The summed E-state index contributed by atoms with van der Waals surface area (Å²) in [5, 5.41) is 4.15. The predicted molar refractivity (Wildman–Crippen MR) is 144 cm³/mol. The number of benzene rings is 2. The molecule has 5 rings (SSSR count). The van der Waals surface area contributed by atoms with Crippen LogP contribution in [-0.4, -0.2) is 47.0 Å². The first-order chi connectivity index (χ1) is 17.9. The number of hydrogen-bond acceptors (Lipinski definition) is 6. The Morgan fingerprint density at radius 2 is 1.78 bits per heavy atom. The molecule has 11 heteroatoms. The number of carbonyl (C=O) groups excluding carboxylic acids is 1. The third kappa shape index (κ3) is 5.93. The number of hydrogen-bond donors (Lipinski definition) is 1. The van der Waals surface area contributed by atoms with Crippen LogP contribution >= 0.6 is 23.4 Å². The third-order valence-electron chi connectivity index (χ3n) is 6.03. The highest BCUT2D eigenvalue weighted by atomic mass is 35.5. The number of imidazole rings is 1. The van der Waals surface area contributed by atoms with Crippen LogP contribution in [0.2, 0.25) is 5.02 Å². The zero-order valence-electron chi connectivity index (χ0n) is 19.8. The molecule has 0 bridgehead atoms. The molecular formula is C26H25ClN4O4S2. The summed E-state index contributed by atoms with van der Waals surface area (Å²) >= 11 is 7.36. The lowest BCUT2D eigenvalue weighted by Gasteiger charge is -2.15. The van der Waals surface area contributed by atoms with Crippen molar-refractivity contribution in [1.82, 2.24) is 13.9 Å². The Morgan fingerprint density at radius 3 is 2.46 bits per heavy atom. The fourth-order valence-corrected chi connectivity index (χ4v) is 6.57. The number of carbonyl (C=O) groups is 1. The topological polar surface area (TPSA) is 97.4 Å². The average Bonchev–Trinajstić information content (AvgIpc) is 3.67. The van der Waals surface area contributed by atoms with Gasteiger partial charge >= 0.3 is 0 Å². The first-order valence-electron chi connectivity index (χ1n) is 11.8. The summed E-state index contributed by atoms with van der Waals surface area (Å²) in [5.41, 5.74) is 2.36. The van der Waals surface area contributed by atoms with Gasteiger partial charge in [-0.1, -0.05) is 35.5 Å². The van der Waals surface area contributed by atoms with E-state index in [0.29, 0.717) is 35.5 Å². The van der Waals surface area contributed by atoms with Crippen LogP contribution in [0.15, 0.2) is 87.6 Å². The number of furan rings is 1. The predicted octanol–water partition coefficient (Wildman–Crippen LogP) is 5.36. The third-order valence-corrected chi connectivity index (χ3v) is 9.18. The molecule has 1 amide bonds. The molecule has 192 valence electrons. The van der Waals surface area contributed by atoms with Crippen molar-refractivity contribution in [2.75, 3.05) is 24.2 Å². The number of amides is 1. The lowest BCUT2D eigenvalue weighted by Crippen LogP contribution is -2.27. The molecule has 8 nitrogen and oxygen atoms in total. The highest BCUT2D eigenvalue weighted by molar-refractivity contribution is 7.99. The van der Waals surface area contributed by atoms with E-state index in [0.717, 1.165) is 29.9 Å². The average molecular weight is 557 g/mol. The molecule has 1 saturated heterocycles. The Bertz CT molecular complexity index is 1460. The zero-order valence-corrected chi connectivity index (χ0v) is 22.2. The summed E-state index contributed by atoms with van der Waals surface area (Å²) in [4.78, 5) is 17.5. The number of anilines is 1. The molecule has 1 fully saturated rings. The minimum atomic E-state index is -3.49. The van der Waals surface area contributed by atoms with Gasteiger partial charge in [0.05, 0.1) is 35.3 Å². The summed E-state index contributed by atoms with van der Waals surface area (Å²) in [7, 11) is -3.49. The van der Waals surface area contributed by atoms with Crippen LogP contribution in [-0.2, 0) is 21.4 Å². The van der Waals surface area contributed by atoms with Crippen LogP contribution in [0.4, 0.5) is 5.69 Å². The number of halogens is 1. The van der Waals surface area contributed by atoms with Crippen molar-refractivity contribution in [1.29, 1.82) is 0 Å². The quantitative estimate of drug-likeness (QED) is 0.279. The SMILES string of the molecule is O=C(CSc1ncc(-c2ccc(Cl)cc2)n1Cc1ccco1)Nc1ccc(S(=O)(=O)N2CCCC2)cc1. The normalized spacial score (nSPS) is 14.2. The van der Waals surface area contributed by atoms with Crippen molar-refractivity contribution >= 4 is 45.0 Å². The number of nitrogens with one attached hydrogen (secondary N) is 1. The van der Waals surface area contributed by atoms with E-state index in [1.54, 1.807) is 24.6 Å². The van der Waals surface area contributed by atoms with Gasteiger partial charge in [0, 0.05) is 23.8 Å². The van der Waals surface area contributed by atoms with Crippen molar-refractivity contribution in [3.63, 3.8) is 0 Å². The van der Waals surface area contributed by atoms with Gasteiger partial charge in [-0.25, -0.2) is 13.4 Å². The Balaban J connectivity index is 1.26. The number of thioether (sulfide) groups is 1. The molecule has 0 saturated carbocycles. The molecule has 1 N–H and O–H groups in total. The molecule has 1 aliphatic heterocycles. The minimum absolute atomic E-state index is 0.128. The molecule has 4 aromatic rings. The van der Waals surface area contributed by atoms with Crippen molar-refractivity contribution in [2.45, 2.75) is 29.4 Å². The van der Waals surface area contributed by atoms with Crippen LogP contribution in [0.3, 0.4) is 0 Å². The second kappa shape index (κ2) is 11.1. The number of aromatic nitrogens is 2. The van der Waals surface area contributed by atoms with E-state index in [2.05, 4.69) is 10.3 Å². The van der Waals surface area contributed by atoms with E-state index in [1.165, 1.54) is 28.2 Å². The molecule has 2 aromatic carbocycles. The van der Waals surface area contributed by atoms with Crippen LogP contribution in [0.5, 0.6) is 0 Å². The molecule has 0 spiro atoms. The zero-order chi connectivity index (χ0) is 25.8. The molecule has 37 heavy (non-hydrogen) atoms. The second-order valence-corrected chi connectivity index (χ2v) is 11.9. The molecule has 0 aliphatic carbocycles. The summed E-state index contributed by atoms with van der Waals surface area (Å²) in [6.45, 7) is 1.56. The molecule has 0 unspecified atom stereocenters. The van der Waals surface area contributed by atoms with E-state index >= 15 is 0 Å². The molecule has 0 atom stereocenters. The highest BCUT2D eigenvalue weighted by Gasteiger charge is 2.27. The van der Waals surface area contributed by atoms with E-state index in [-0.39, 0.29) is 16.6 Å². The maximum absolute atomic E-state index is 12.7. The molecular weight excluding hydrogens is 532 g/mol. The number of rotatable bonds is 9. The van der Waals surface area contributed by atoms with Gasteiger partial charge in [0.25, 0.3) is 0 Å². The van der Waals surface area contributed by atoms with Gasteiger partial charge in [0.1, 0.15) is 5.76 Å². The van der Waals surface area contributed by atoms with Gasteiger partial charge in [0.15, 0.2) is 5.16 Å². The fourth-order valence-electron chi connectivity index (χ4n) is 4.15. The smallest absolute Gasteiger partial charge is 0.243 e. The fraction of sp³-hybridized carbons (Fsp3) is 0.231. The monoisotopic (exact) mass is 556 g/mol. The van der Waals surface area contributed by atoms with E-state index in [9.17, 15) is 13.2 Å². The second-order valence-electron chi connectivity index (χ2n) is 8.57. The standard InChI is InChI=1S/C26H25ClN4O4S2/c27-20-7-5-19(6-8-20)24-16-28-26(31(24)17-22-4-3-15-35-22)36-18-25(32)29-21-9-11-23(12-10-21)37(33,34)30-13-1-2-14-30/h3-12,15-16H,1-2,13-14,17-18H2,(H,29,32). The first kappa shape index (κ1) is 25.6. The van der Waals surface area contributed by atoms with Crippen molar-refractivity contribution < 1.29 is 17.6 Å². The Kier molecular flexibility index (Phi) is 7.71. The largest absolute Gasteiger partial charge is 0.467 e. The van der Waals surface area contributed by atoms with Crippen molar-refractivity contribution in [3.05, 3.63) is 83.9 Å². The molecule has 2 aromatic heterocycles. The lowest BCUT2D eigenvalue weighted by atomic mass is 10.1. The summed E-state index contributed by atoms with van der Waals surface area (Å²) in [6.07, 6.45) is 5.15. The van der Waals surface area contributed by atoms with Gasteiger partial charge < -0.3 is 14.3 Å². The van der Waals surface area contributed by atoms with Crippen molar-refractivity contribution in [3.8, 4) is 11.3 Å². The lowest BCUT2D eigenvalue weighted by molar-refractivity contribution is -0.113. The molecule has 1 aliphatic rings. The van der Waals surface area contributed by atoms with Gasteiger partial charge in [-0.05, 0) is 66.9 Å². The summed E-state index contributed by atoms with van der Waals surface area (Å²) < 4.78 is 34.5.